The van der Waals surface area contributed by atoms with Gasteiger partial charge in [0.2, 0.25) is 0 Å². The van der Waals surface area contributed by atoms with E-state index in [-0.39, 0.29) is 0 Å². The maximum Gasteiger partial charge on any atom is 0.414 e. The van der Waals surface area contributed by atoms with E-state index < -0.39 is 11.9 Å². The van der Waals surface area contributed by atoms with E-state index in [0.29, 0.717) is 0 Å². The van der Waals surface area contributed by atoms with Crippen LogP contribution in [0.1, 0.15) is 32.1 Å². The fourth-order valence-electron chi connectivity index (χ4n) is 2.68. The van der Waals surface area contributed by atoms with Gasteiger partial charge in [-0.2, -0.15) is 0 Å². The van der Waals surface area contributed by atoms with Crippen molar-refractivity contribution in [2.45, 2.75) is 38.1 Å². The highest BCUT2D eigenvalue weighted by Crippen LogP contribution is 2.21. The summed E-state index contributed by atoms with van der Waals surface area (Å²) in [5.41, 5.74) is 0. The van der Waals surface area contributed by atoms with E-state index in [2.05, 4.69) is 11.9 Å². The number of carboxylic acids is 2. The molecule has 1 aromatic rings. The minimum absolute atomic E-state index is 0.749. The second-order valence-electron chi connectivity index (χ2n) is 5.91. The fourth-order valence-corrected chi connectivity index (χ4v) is 2.68. The number of hydrogen-bond acceptors (Lipinski definition) is 5. The van der Waals surface area contributed by atoms with Crippen LogP contribution < -0.4 is 9.47 Å². The molecule has 1 aliphatic rings. The molecular formula is C18H27NO6. The molecule has 1 fully saturated rings. The second-order valence-corrected chi connectivity index (χ2v) is 5.91. The molecule has 7 nitrogen and oxygen atoms in total. The highest BCUT2D eigenvalue weighted by atomic mass is 16.5. The smallest absolute Gasteiger partial charge is 0.414 e. The highest BCUT2D eigenvalue weighted by molar-refractivity contribution is 6.27. The first-order chi connectivity index (χ1) is 11.9. The Morgan fingerprint density at radius 2 is 1.56 bits per heavy atom. The molecule has 0 atom stereocenters. The molecule has 0 saturated heterocycles. The van der Waals surface area contributed by atoms with Crippen LogP contribution in [0.25, 0.3) is 0 Å². The molecule has 140 valence electrons. The Morgan fingerprint density at radius 1 is 1.04 bits per heavy atom. The normalized spacial score (nSPS) is 14.4. The molecule has 2 N–H and O–H groups in total. The Hall–Kier alpha value is -2.28. The minimum Gasteiger partial charge on any atom is -0.497 e. The van der Waals surface area contributed by atoms with Crippen molar-refractivity contribution in [2.75, 3.05) is 27.3 Å². The summed E-state index contributed by atoms with van der Waals surface area (Å²) >= 11 is 0. The van der Waals surface area contributed by atoms with Gasteiger partial charge in [0.05, 0.1) is 7.11 Å². The first kappa shape index (κ1) is 20.8. The maximum absolute atomic E-state index is 9.10. The van der Waals surface area contributed by atoms with E-state index in [1.165, 1.54) is 32.1 Å². The lowest BCUT2D eigenvalue weighted by atomic mass is 9.94. The molecule has 1 saturated carbocycles. The van der Waals surface area contributed by atoms with E-state index in [4.69, 9.17) is 29.3 Å². The van der Waals surface area contributed by atoms with E-state index >= 15 is 0 Å². The van der Waals surface area contributed by atoms with Crippen molar-refractivity contribution in [3.05, 3.63) is 24.3 Å². The second kappa shape index (κ2) is 11.3. The summed E-state index contributed by atoms with van der Waals surface area (Å²) in [4.78, 5) is 20.6. The largest absolute Gasteiger partial charge is 0.497 e. The van der Waals surface area contributed by atoms with Crippen LogP contribution in [0.4, 0.5) is 0 Å². The Kier molecular flexibility index (Phi) is 9.39. The monoisotopic (exact) mass is 353 g/mol. The first-order valence-electron chi connectivity index (χ1n) is 8.37. The summed E-state index contributed by atoms with van der Waals surface area (Å²) in [5.74, 6) is -1.87. The van der Waals surface area contributed by atoms with Gasteiger partial charge in [0.25, 0.3) is 0 Å². The Morgan fingerprint density at radius 3 is 2.04 bits per heavy atom. The number of benzene rings is 1. The quantitative estimate of drug-likeness (QED) is 0.759. The van der Waals surface area contributed by atoms with Crippen molar-refractivity contribution in [1.29, 1.82) is 0 Å². The van der Waals surface area contributed by atoms with Gasteiger partial charge in [-0.25, -0.2) is 9.59 Å². The van der Waals surface area contributed by atoms with Crippen LogP contribution in [0.2, 0.25) is 0 Å². The van der Waals surface area contributed by atoms with Gasteiger partial charge in [-0.1, -0.05) is 19.3 Å². The molecule has 0 radical (unpaired) electrons. The zero-order valence-corrected chi connectivity index (χ0v) is 14.8. The number of methoxy groups -OCH3 is 1. The summed E-state index contributed by atoms with van der Waals surface area (Å²) in [6.45, 7) is 1.75. The average molecular weight is 353 g/mol. The molecule has 1 aliphatic carbocycles. The predicted molar refractivity (Wildman–Crippen MR) is 93.3 cm³/mol. The molecule has 2 rings (SSSR count). The summed E-state index contributed by atoms with van der Waals surface area (Å²) in [6, 6.07) is 8.53. The van der Waals surface area contributed by atoms with E-state index in [1.54, 1.807) is 7.11 Å². The van der Waals surface area contributed by atoms with Crippen molar-refractivity contribution in [3.63, 3.8) is 0 Å². The molecular weight excluding hydrogens is 326 g/mol. The zero-order valence-electron chi connectivity index (χ0n) is 14.8. The lowest BCUT2D eigenvalue weighted by Crippen LogP contribution is -2.36. The molecule has 0 aromatic heterocycles. The van der Waals surface area contributed by atoms with Gasteiger partial charge in [-0.15, -0.1) is 0 Å². The first-order valence-corrected chi connectivity index (χ1v) is 8.37. The van der Waals surface area contributed by atoms with Gasteiger partial charge in [-0.05, 0) is 44.2 Å². The summed E-state index contributed by atoms with van der Waals surface area (Å²) in [6.07, 6.45) is 6.87. The van der Waals surface area contributed by atoms with E-state index in [0.717, 1.165) is 30.7 Å². The van der Waals surface area contributed by atoms with Crippen LogP contribution in [0.15, 0.2) is 24.3 Å². The topological polar surface area (TPSA) is 96.3 Å². The molecule has 0 heterocycles. The fraction of sp³-hybridized carbons (Fsp3) is 0.556. The molecule has 1 aromatic carbocycles. The Bertz CT molecular complexity index is 513. The number of rotatable bonds is 6. The maximum atomic E-state index is 9.10. The van der Waals surface area contributed by atoms with Crippen molar-refractivity contribution in [2.24, 2.45) is 0 Å². The predicted octanol–water partition coefficient (Wildman–Crippen LogP) is 2.49. The average Bonchev–Trinajstić information content (AvgIpc) is 2.63. The number of carbonyl (C=O) groups is 2. The number of nitrogens with zero attached hydrogens (tertiary/aromatic N) is 1. The van der Waals surface area contributed by atoms with Crippen LogP contribution in [0.5, 0.6) is 11.5 Å². The Balaban J connectivity index is 0.000000450. The van der Waals surface area contributed by atoms with Crippen LogP contribution in [0.3, 0.4) is 0 Å². The molecule has 0 bridgehead atoms. The van der Waals surface area contributed by atoms with Gasteiger partial charge >= 0.3 is 11.9 Å². The van der Waals surface area contributed by atoms with Crippen LogP contribution >= 0.6 is 0 Å². The number of ether oxygens (including phenoxy) is 2. The van der Waals surface area contributed by atoms with E-state index in [9.17, 15) is 0 Å². The third-order valence-electron chi connectivity index (χ3n) is 4.15. The summed E-state index contributed by atoms with van der Waals surface area (Å²) in [5, 5.41) is 14.8. The van der Waals surface area contributed by atoms with Gasteiger partial charge in [0, 0.05) is 12.6 Å². The third kappa shape index (κ3) is 8.39. The van der Waals surface area contributed by atoms with Gasteiger partial charge in [-0.3, -0.25) is 0 Å². The van der Waals surface area contributed by atoms with Crippen LogP contribution in [-0.4, -0.2) is 60.4 Å². The van der Waals surface area contributed by atoms with Crippen molar-refractivity contribution < 1.29 is 29.3 Å². The Labute approximate surface area is 148 Å². The third-order valence-corrected chi connectivity index (χ3v) is 4.15. The number of aliphatic carboxylic acids is 2. The number of likely N-dealkylation sites (N-methyl/N-ethyl adjacent to an activating group) is 1. The molecule has 0 amide bonds. The number of hydrogen-bond donors (Lipinski definition) is 2. The molecule has 7 heteroatoms. The lowest BCUT2D eigenvalue weighted by molar-refractivity contribution is -0.159. The van der Waals surface area contributed by atoms with E-state index in [1.807, 2.05) is 24.3 Å². The standard InChI is InChI=1S/C16H25NO2.C2H2O4/c1-17(14-6-4-3-5-7-14)12-13-19-16-10-8-15(18-2)9-11-16;3-1(4)2(5)6/h8-11,14H,3-7,12-13H2,1-2H3;(H,3,4)(H,5,6). The lowest BCUT2D eigenvalue weighted by Gasteiger charge is -2.31. The van der Waals surface area contributed by atoms with Gasteiger partial charge in [0.1, 0.15) is 18.1 Å². The van der Waals surface area contributed by atoms with Gasteiger partial charge in [0.15, 0.2) is 0 Å². The van der Waals surface area contributed by atoms with Gasteiger partial charge < -0.3 is 24.6 Å². The minimum atomic E-state index is -1.82. The molecule has 0 unspecified atom stereocenters. The SMILES string of the molecule is COc1ccc(OCCN(C)C2CCCCC2)cc1.O=C(O)C(=O)O. The molecule has 25 heavy (non-hydrogen) atoms. The highest BCUT2D eigenvalue weighted by Gasteiger charge is 2.17. The van der Waals surface area contributed by atoms with Crippen LogP contribution in [0, 0.1) is 0 Å². The molecule has 0 aliphatic heterocycles. The van der Waals surface area contributed by atoms with Crippen molar-refractivity contribution >= 4 is 11.9 Å². The van der Waals surface area contributed by atoms with Crippen molar-refractivity contribution in [1.82, 2.24) is 4.90 Å². The van der Waals surface area contributed by atoms with Crippen molar-refractivity contribution in [3.8, 4) is 11.5 Å². The zero-order chi connectivity index (χ0) is 18.7. The summed E-state index contributed by atoms with van der Waals surface area (Å²) in [7, 11) is 3.89. The summed E-state index contributed by atoms with van der Waals surface area (Å²) < 4.78 is 10.9. The van der Waals surface area contributed by atoms with Crippen LogP contribution in [-0.2, 0) is 9.59 Å². The molecule has 0 spiro atoms. The number of carboxylic acid groups (broad SMARTS) is 2.